The molecule has 0 saturated heterocycles. The van der Waals surface area contributed by atoms with Crippen molar-refractivity contribution in [2.24, 2.45) is 0 Å². The highest BCUT2D eigenvalue weighted by Crippen LogP contribution is 2.13. The molecule has 3 aromatic heterocycles. The van der Waals surface area contributed by atoms with Gasteiger partial charge in [0.25, 0.3) is 11.5 Å². The number of aromatic nitrogens is 4. The van der Waals surface area contributed by atoms with Crippen LogP contribution in [0.3, 0.4) is 0 Å². The number of nitrogen functional groups attached to an aromatic ring is 1. The second-order valence-electron chi connectivity index (χ2n) is 7.75. The number of nitrogens with two attached hydrogens (primary N) is 1. The maximum atomic E-state index is 12.6. The molecule has 0 aliphatic carbocycles. The minimum absolute atomic E-state index is 0.0265. The number of amides is 1. The van der Waals surface area contributed by atoms with Gasteiger partial charge >= 0.3 is 0 Å². The van der Waals surface area contributed by atoms with Crippen LogP contribution >= 0.6 is 0 Å². The molecule has 1 aromatic carbocycles. The zero-order valence-corrected chi connectivity index (χ0v) is 18.2. The molecule has 1 amide bonds. The van der Waals surface area contributed by atoms with Gasteiger partial charge in [0.05, 0.1) is 36.2 Å². The number of hydrogen-bond acceptors (Lipinski definition) is 6. The summed E-state index contributed by atoms with van der Waals surface area (Å²) in [5, 5.41) is 2.85. The molecule has 0 unspecified atom stereocenters. The van der Waals surface area contributed by atoms with Crippen LogP contribution in [0.25, 0.3) is 0 Å². The van der Waals surface area contributed by atoms with Crippen molar-refractivity contribution in [2.75, 3.05) is 5.73 Å². The lowest BCUT2D eigenvalue weighted by molar-refractivity contribution is 0.0950. The standard InChI is InChI=1S/C25H24N6O2/c1-17-22(28-15-23(26)30-17)14-29-25(33)21-11-20(12-27-13-21)10-18-5-7-19(8-6-18)16-31-9-3-2-4-24(31)32/h2-9,11-13,15H,10,14,16H2,1H3,(H2,26,30)(H,29,33). The summed E-state index contributed by atoms with van der Waals surface area (Å²) >= 11 is 0. The molecule has 166 valence electrons. The van der Waals surface area contributed by atoms with Gasteiger partial charge in [-0.25, -0.2) is 4.98 Å². The average molecular weight is 441 g/mol. The molecule has 3 N–H and O–H groups in total. The Balaban J connectivity index is 1.38. The molecule has 3 heterocycles. The van der Waals surface area contributed by atoms with Crippen molar-refractivity contribution >= 4 is 11.7 Å². The Bertz CT molecular complexity index is 1330. The van der Waals surface area contributed by atoms with E-state index in [2.05, 4.69) is 20.3 Å². The Morgan fingerprint density at radius 3 is 2.58 bits per heavy atom. The van der Waals surface area contributed by atoms with Crippen molar-refractivity contribution < 1.29 is 4.79 Å². The van der Waals surface area contributed by atoms with E-state index < -0.39 is 0 Å². The van der Waals surface area contributed by atoms with Crippen molar-refractivity contribution in [2.45, 2.75) is 26.4 Å². The van der Waals surface area contributed by atoms with Crippen LogP contribution in [0.15, 0.2) is 78.1 Å². The predicted molar refractivity (Wildman–Crippen MR) is 126 cm³/mol. The van der Waals surface area contributed by atoms with Gasteiger partial charge in [0.2, 0.25) is 0 Å². The Morgan fingerprint density at radius 1 is 1.03 bits per heavy atom. The minimum atomic E-state index is -0.231. The topological polar surface area (TPSA) is 116 Å². The van der Waals surface area contributed by atoms with Gasteiger partial charge in [-0.2, -0.15) is 0 Å². The van der Waals surface area contributed by atoms with Gasteiger partial charge in [0.15, 0.2) is 0 Å². The smallest absolute Gasteiger partial charge is 0.253 e. The van der Waals surface area contributed by atoms with Crippen LogP contribution < -0.4 is 16.6 Å². The lowest BCUT2D eigenvalue weighted by atomic mass is 10.0. The lowest BCUT2D eigenvalue weighted by Crippen LogP contribution is -2.24. The van der Waals surface area contributed by atoms with Gasteiger partial charge in [-0.15, -0.1) is 0 Å². The number of rotatable bonds is 7. The third kappa shape index (κ3) is 5.68. The van der Waals surface area contributed by atoms with Gasteiger partial charge in [-0.05, 0) is 42.2 Å². The first-order valence-corrected chi connectivity index (χ1v) is 10.5. The third-order valence-corrected chi connectivity index (χ3v) is 5.22. The number of carbonyl (C=O) groups is 1. The highest BCUT2D eigenvalue weighted by Gasteiger charge is 2.10. The summed E-state index contributed by atoms with van der Waals surface area (Å²) in [6.07, 6.45) is 7.19. The number of aryl methyl sites for hydroxylation is 1. The average Bonchev–Trinajstić information content (AvgIpc) is 2.81. The van der Waals surface area contributed by atoms with Crippen LogP contribution in [0, 0.1) is 6.92 Å². The van der Waals surface area contributed by atoms with Crippen molar-refractivity contribution in [1.29, 1.82) is 0 Å². The first kappa shape index (κ1) is 21.9. The van der Waals surface area contributed by atoms with E-state index in [0.717, 1.165) is 16.7 Å². The van der Waals surface area contributed by atoms with Crippen molar-refractivity contribution in [3.8, 4) is 0 Å². The van der Waals surface area contributed by atoms with Gasteiger partial charge < -0.3 is 15.6 Å². The van der Waals surface area contributed by atoms with Crippen LogP contribution in [0.5, 0.6) is 0 Å². The van der Waals surface area contributed by atoms with E-state index >= 15 is 0 Å². The van der Waals surface area contributed by atoms with E-state index in [9.17, 15) is 9.59 Å². The third-order valence-electron chi connectivity index (χ3n) is 5.22. The second-order valence-corrected chi connectivity index (χ2v) is 7.75. The Morgan fingerprint density at radius 2 is 1.82 bits per heavy atom. The first-order chi connectivity index (χ1) is 16.0. The van der Waals surface area contributed by atoms with Crippen LogP contribution in [-0.4, -0.2) is 25.4 Å². The Kier molecular flexibility index (Phi) is 6.54. The van der Waals surface area contributed by atoms with Crippen molar-refractivity contribution in [3.05, 3.63) is 117 Å². The SMILES string of the molecule is Cc1nc(N)cnc1CNC(=O)c1cncc(Cc2ccc(Cn3ccccc3=O)cc2)c1. The van der Waals surface area contributed by atoms with Gasteiger partial charge in [-0.3, -0.25) is 19.6 Å². The summed E-state index contributed by atoms with van der Waals surface area (Å²) in [6.45, 7) is 2.58. The molecule has 0 bridgehead atoms. The zero-order valence-electron chi connectivity index (χ0n) is 18.2. The van der Waals surface area contributed by atoms with Gasteiger partial charge in [-0.1, -0.05) is 30.3 Å². The quantitative estimate of drug-likeness (QED) is 0.456. The van der Waals surface area contributed by atoms with E-state index in [1.807, 2.05) is 36.4 Å². The summed E-state index contributed by atoms with van der Waals surface area (Å²) in [5.74, 6) is 0.118. The fraction of sp³-hybridized carbons (Fsp3) is 0.160. The fourth-order valence-corrected chi connectivity index (χ4v) is 3.46. The van der Waals surface area contributed by atoms with Crippen molar-refractivity contribution in [1.82, 2.24) is 24.8 Å². The monoisotopic (exact) mass is 440 g/mol. The van der Waals surface area contributed by atoms with Crippen LogP contribution in [0.4, 0.5) is 5.82 Å². The second kappa shape index (κ2) is 9.86. The van der Waals surface area contributed by atoms with Crippen LogP contribution in [0.2, 0.25) is 0 Å². The van der Waals surface area contributed by atoms with E-state index in [1.165, 1.54) is 6.20 Å². The minimum Gasteiger partial charge on any atom is -0.382 e. The van der Waals surface area contributed by atoms with Crippen molar-refractivity contribution in [3.63, 3.8) is 0 Å². The molecule has 33 heavy (non-hydrogen) atoms. The number of benzene rings is 1. The molecule has 0 aliphatic rings. The molecule has 0 fully saturated rings. The summed E-state index contributed by atoms with van der Waals surface area (Å²) in [4.78, 5) is 37.1. The number of nitrogens with one attached hydrogen (secondary N) is 1. The highest BCUT2D eigenvalue weighted by molar-refractivity contribution is 5.94. The highest BCUT2D eigenvalue weighted by atomic mass is 16.1. The molecule has 4 rings (SSSR count). The number of carbonyl (C=O) groups excluding carboxylic acids is 1. The molecular weight excluding hydrogens is 416 g/mol. The zero-order chi connectivity index (χ0) is 23.2. The molecular formula is C25H24N6O2. The number of hydrogen-bond donors (Lipinski definition) is 2. The number of pyridine rings is 2. The maximum absolute atomic E-state index is 12.6. The molecule has 0 saturated carbocycles. The lowest BCUT2D eigenvalue weighted by Gasteiger charge is -2.09. The van der Waals surface area contributed by atoms with Crippen LogP contribution in [0.1, 0.15) is 38.4 Å². The van der Waals surface area contributed by atoms with Gasteiger partial charge in [0.1, 0.15) is 5.82 Å². The van der Waals surface area contributed by atoms with Gasteiger partial charge in [0, 0.05) is 24.7 Å². The van der Waals surface area contributed by atoms with Crippen LogP contribution in [-0.2, 0) is 19.5 Å². The van der Waals surface area contributed by atoms with E-state index in [-0.39, 0.29) is 18.0 Å². The molecule has 0 aliphatic heterocycles. The molecule has 0 atom stereocenters. The summed E-state index contributed by atoms with van der Waals surface area (Å²) in [7, 11) is 0. The maximum Gasteiger partial charge on any atom is 0.253 e. The fourth-order valence-electron chi connectivity index (χ4n) is 3.46. The molecule has 8 nitrogen and oxygen atoms in total. The summed E-state index contributed by atoms with van der Waals surface area (Å²) in [5.41, 5.74) is 10.5. The Labute approximate surface area is 191 Å². The molecule has 4 aromatic rings. The number of nitrogens with zero attached hydrogens (tertiary/aromatic N) is 4. The molecule has 8 heteroatoms. The van der Waals surface area contributed by atoms with E-state index in [1.54, 1.807) is 42.2 Å². The molecule has 0 spiro atoms. The predicted octanol–water partition coefficient (Wildman–Crippen LogP) is 2.49. The van der Waals surface area contributed by atoms with E-state index in [4.69, 9.17) is 5.73 Å². The normalized spacial score (nSPS) is 10.7. The number of anilines is 1. The molecule has 0 radical (unpaired) electrons. The summed E-state index contributed by atoms with van der Waals surface area (Å²) in [6, 6.07) is 15.0. The Hall–Kier alpha value is -4.33. The van der Waals surface area contributed by atoms with E-state index in [0.29, 0.717) is 35.7 Å². The largest absolute Gasteiger partial charge is 0.382 e. The summed E-state index contributed by atoms with van der Waals surface area (Å²) < 4.78 is 1.67. The first-order valence-electron chi connectivity index (χ1n) is 10.5.